The van der Waals surface area contributed by atoms with Crippen molar-refractivity contribution in [3.63, 3.8) is 0 Å². The van der Waals surface area contributed by atoms with Crippen LogP contribution in [0.2, 0.25) is 0 Å². The summed E-state index contributed by atoms with van der Waals surface area (Å²) < 4.78 is 5.05. The summed E-state index contributed by atoms with van der Waals surface area (Å²) in [5.41, 5.74) is -0.0318. The lowest BCUT2D eigenvalue weighted by atomic mass is 9.99. The molecule has 1 aromatic rings. The summed E-state index contributed by atoms with van der Waals surface area (Å²) in [6.07, 6.45) is 0.379. The van der Waals surface area contributed by atoms with E-state index >= 15 is 0 Å². The summed E-state index contributed by atoms with van der Waals surface area (Å²) in [5.74, 6) is -1.90. The van der Waals surface area contributed by atoms with Crippen molar-refractivity contribution in [2.24, 2.45) is 5.92 Å². The second-order valence-corrected chi connectivity index (χ2v) is 5.15. The molecule has 1 amide bonds. The maximum absolute atomic E-state index is 11.8. The van der Waals surface area contributed by atoms with Crippen LogP contribution in [0.3, 0.4) is 0 Å². The van der Waals surface area contributed by atoms with E-state index < -0.39 is 17.5 Å². The summed E-state index contributed by atoms with van der Waals surface area (Å²) in [6, 6.07) is 9.34. The number of hydrogen-bond donors (Lipinski definition) is 2. The van der Waals surface area contributed by atoms with E-state index in [1.807, 2.05) is 30.3 Å². The third kappa shape index (κ3) is 4.66. The molecule has 0 aromatic heterocycles. The van der Waals surface area contributed by atoms with Crippen molar-refractivity contribution >= 4 is 11.9 Å². The van der Waals surface area contributed by atoms with Gasteiger partial charge in [-0.3, -0.25) is 9.59 Å². The normalized spacial score (nSPS) is 12.8. The van der Waals surface area contributed by atoms with Crippen LogP contribution in [-0.4, -0.2) is 36.2 Å². The molecule has 20 heavy (non-hydrogen) atoms. The molecular weight excluding hydrogens is 258 g/mol. The number of rotatable bonds is 7. The summed E-state index contributed by atoms with van der Waals surface area (Å²) in [5, 5.41) is 11.9. The van der Waals surface area contributed by atoms with Crippen molar-refractivity contribution in [2.45, 2.75) is 25.9 Å². The molecule has 0 bridgehead atoms. The molecule has 0 heterocycles. The lowest BCUT2D eigenvalue weighted by Crippen LogP contribution is -2.46. The van der Waals surface area contributed by atoms with Crippen LogP contribution in [0.1, 0.15) is 19.4 Å². The first kappa shape index (κ1) is 16.2. The Morgan fingerprint density at radius 1 is 1.30 bits per heavy atom. The lowest BCUT2D eigenvalue weighted by Gasteiger charge is -2.23. The van der Waals surface area contributed by atoms with Gasteiger partial charge in [-0.05, 0) is 25.8 Å². The minimum atomic E-state index is -0.962. The van der Waals surface area contributed by atoms with Crippen LogP contribution in [-0.2, 0) is 20.7 Å². The van der Waals surface area contributed by atoms with Crippen LogP contribution in [0.15, 0.2) is 30.3 Å². The van der Waals surface area contributed by atoms with Gasteiger partial charge >= 0.3 is 5.97 Å². The molecule has 0 saturated carbocycles. The SMILES string of the molecule is COC(C)(C)C(=O)NCC(Cc1ccccc1)C(=O)O. The zero-order chi connectivity index (χ0) is 15.2. The van der Waals surface area contributed by atoms with Gasteiger partial charge in [-0.25, -0.2) is 0 Å². The molecule has 5 heteroatoms. The lowest BCUT2D eigenvalue weighted by molar-refractivity contribution is -0.143. The third-order valence-electron chi connectivity index (χ3n) is 3.24. The second-order valence-electron chi connectivity index (χ2n) is 5.15. The van der Waals surface area contributed by atoms with Crippen LogP contribution in [0.5, 0.6) is 0 Å². The van der Waals surface area contributed by atoms with Gasteiger partial charge in [-0.15, -0.1) is 0 Å². The summed E-state index contributed by atoms with van der Waals surface area (Å²) in [7, 11) is 1.44. The molecule has 2 N–H and O–H groups in total. The van der Waals surface area contributed by atoms with Crippen molar-refractivity contribution in [3.8, 4) is 0 Å². The fraction of sp³-hybridized carbons (Fsp3) is 0.467. The summed E-state index contributed by atoms with van der Waals surface area (Å²) in [4.78, 5) is 23.1. The van der Waals surface area contributed by atoms with E-state index in [9.17, 15) is 14.7 Å². The average molecular weight is 279 g/mol. The van der Waals surface area contributed by atoms with E-state index in [0.29, 0.717) is 6.42 Å². The average Bonchev–Trinajstić information content (AvgIpc) is 2.43. The maximum Gasteiger partial charge on any atom is 0.308 e. The largest absolute Gasteiger partial charge is 0.481 e. The van der Waals surface area contributed by atoms with Crippen molar-refractivity contribution in [3.05, 3.63) is 35.9 Å². The minimum absolute atomic E-state index is 0.0792. The van der Waals surface area contributed by atoms with Crippen molar-refractivity contribution in [1.29, 1.82) is 0 Å². The Morgan fingerprint density at radius 2 is 1.90 bits per heavy atom. The molecule has 1 unspecified atom stereocenters. The molecule has 1 atom stereocenters. The van der Waals surface area contributed by atoms with Gasteiger partial charge in [-0.2, -0.15) is 0 Å². The van der Waals surface area contributed by atoms with Crippen molar-refractivity contribution in [1.82, 2.24) is 5.32 Å². The van der Waals surface area contributed by atoms with Gasteiger partial charge in [0, 0.05) is 13.7 Å². The van der Waals surface area contributed by atoms with Crippen LogP contribution < -0.4 is 5.32 Å². The van der Waals surface area contributed by atoms with E-state index in [0.717, 1.165) is 5.56 Å². The Kier molecular flexibility index (Phi) is 5.70. The van der Waals surface area contributed by atoms with Gasteiger partial charge in [-0.1, -0.05) is 30.3 Å². The zero-order valence-corrected chi connectivity index (χ0v) is 12.1. The first-order chi connectivity index (χ1) is 9.36. The fourth-order valence-corrected chi connectivity index (χ4v) is 1.67. The first-order valence-corrected chi connectivity index (χ1v) is 6.47. The predicted molar refractivity (Wildman–Crippen MR) is 75.4 cm³/mol. The number of amides is 1. The summed E-state index contributed by atoms with van der Waals surface area (Å²) in [6.45, 7) is 3.35. The van der Waals surface area contributed by atoms with E-state index in [4.69, 9.17) is 4.74 Å². The van der Waals surface area contributed by atoms with Gasteiger partial charge in [0.05, 0.1) is 5.92 Å². The quantitative estimate of drug-likeness (QED) is 0.792. The molecule has 1 rings (SSSR count). The van der Waals surface area contributed by atoms with Crippen molar-refractivity contribution < 1.29 is 19.4 Å². The molecular formula is C15H21NO4. The molecule has 0 fully saturated rings. The van der Waals surface area contributed by atoms with Crippen LogP contribution >= 0.6 is 0 Å². The predicted octanol–water partition coefficient (Wildman–Crippen LogP) is 1.47. The Labute approximate surface area is 118 Å². The smallest absolute Gasteiger partial charge is 0.308 e. The topological polar surface area (TPSA) is 75.6 Å². The number of carbonyl (C=O) groups excluding carboxylic acids is 1. The number of carbonyl (C=O) groups is 2. The third-order valence-corrected chi connectivity index (χ3v) is 3.24. The molecule has 0 aliphatic rings. The zero-order valence-electron chi connectivity index (χ0n) is 12.1. The van der Waals surface area contributed by atoms with E-state index in [-0.39, 0.29) is 12.5 Å². The molecule has 0 radical (unpaired) electrons. The van der Waals surface area contributed by atoms with Gasteiger partial charge in [0.15, 0.2) is 0 Å². The van der Waals surface area contributed by atoms with Gasteiger partial charge in [0.1, 0.15) is 5.60 Å². The van der Waals surface area contributed by atoms with Crippen LogP contribution in [0.25, 0.3) is 0 Å². The van der Waals surface area contributed by atoms with Gasteiger partial charge in [0.25, 0.3) is 5.91 Å². The van der Waals surface area contributed by atoms with Gasteiger partial charge < -0.3 is 15.2 Å². The first-order valence-electron chi connectivity index (χ1n) is 6.47. The highest BCUT2D eigenvalue weighted by molar-refractivity contribution is 5.84. The number of hydrogen-bond acceptors (Lipinski definition) is 3. The standard InChI is InChI=1S/C15H21NO4/c1-15(2,20-3)14(19)16-10-12(13(17)18)9-11-7-5-4-6-8-11/h4-8,12H,9-10H2,1-3H3,(H,16,19)(H,17,18). The Bertz CT molecular complexity index is 456. The molecule has 110 valence electrons. The maximum atomic E-state index is 11.8. The molecule has 0 spiro atoms. The number of ether oxygens (including phenoxy) is 1. The number of nitrogens with one attached hydrogen (secondary N) is 1. The fourth-order valence-electron chi connectivity index (χ4n) is 1.67. The Balaban J connectivity index is 2.61. The van der Waals surface area contributed by atoms with Crippen LogP contribution in [0, 0.1) is 5.92 Å². The Morgan fingerprint density at radius 3 is 2.40 bits per heavy atom. The molecule has 5 nitrogen and oxygen atoms in total. The highest BCUT2D eigenvalue weighted by Crippen LogP contribution is 2.10. The highest BCUT2D eigenvalue weighted by atomic mass is 16.5. The molecule has 0 saturated heterocycles. The van der Waals surface area contributed by atoms with E-state index in [1.165, 1.54) is 7.11 Å². The molecule has 1 aromatic carbocycles. The van der Waals surface area contributed by atoms with E-state index in [2.05, 4.69) is 5.32 Å². The monoisotopic (exact) mass is 279 g/mol. The van der Waals surface area contributed by atoms with Gasteiger partial charge in [0.2, 0.25) is 0 Å². The minimum Gasteiger partial charge on any atom is -0.481 e. The molecule has 0 aliphatic heterocycles. The van der Waals surface area contributed by atoms with Crippen LogP contribution in [0.4, 0.5) is 0 Å². The molecule has 0 aliphatic carbocycles. The highest BCUT2D eigenvalue weighted by Gasteiger charge is 2.28. The Hall–Kier alpha value is -1.88. The number of carboxylic acid groups (broad SMARTS) is 1. The number of methoxy groups -OCH3 is 1. The number of carboxylic acids is 1. The van der Waals surface area contributed by atoms with Crippen molar-refractivity contribution in [2.75, 3.05) is 13.7 Å². The number of aliphatic carboxylic acids is 1. The second kappa shape index (κ2) is 7.05. The number of benzene rings is 1. The summed E-state index contributed by atoms with van der Waals surface area (Å²) >= 11 is 0. The van der Waals surface area contributed by atoms with E-state index in [1.54, 1.807) is 13.8 Å².